The van der Waals surface area contributed by atoms with Gasteiger partial charge in [0.15, 0.2) is 0 Å². The molecule has 1 saturated heterocycles. The van der Waals surface area contributed by atoms with Gasteiger partial charge in [0.2, 0.25) is 0 Å². The number of rotatable bonds is 1. The minimum Gasteiger partial charge on any atom is -0.507 e. The van der Waals surface area contributed by atoms with Gasteiger partial charge in [0.1, 0.15) is 5.75 Å². The molecule has 0 amide bonds. The van der Waals surface area contributed by atoms with Gasteiger partial charge >= 0.3 is 13.3 Å². The topological polar surface area (TPSA) is 38.7 Å². The fraction of sp³-hybridized carbons (Fsp3) is 0.538. The number of hydrogen-bond donors (Lipinski definition) is 1. The third kappa shape index (κ3) is 2.52. The summed E-state index contributed by atoms with van der Waals surface area (Å²) in [5.74, 6) is -0.829. The largest absolute Gasteiger partial charge is 0.507 e. The minimum absolute atomic E-state index is 0.356. The molecule has 110 valence electrons. The average Bonchev–Trinajstić information content (AvgIpc) is 2.46. The highest BCUT2D eigenvalue weighted by Crippen LogP contribution is 2.38. The van der Waals surface area contributed by atoms with Crippen molar-refractivity contribution >= 4 is 12.6 Å². The lowest BCUT2D eigenvalue weighted by Crippen LogP contribution is -2.41. The molecule has 0 unspecified atom stereocenters. The number of alkyl halides is 3. The SMILES string of the molecule is CC1(C)OB(c2ccc(C(F)(F)F)c(O)c2)OC1(C)C. The van der Waals surface area contributed by atoms with E-state index in [4.69, 9.17) is 9.31 Å². The van der Waals surface area contributed by atoms with Crippen LogP contribution in [0.1, 0.15) is 33.3 Å². The van der Waals surface area contributed by atoms with E-state index in [9.17, 15) is 18.3 Å². The number of halogens is 3. The van der Waals surface area contributed by atoms with Crippen LogP contribution in [0.3, 0.4) is 0 Å². The van der Waals surface area contributed by atoms with Gasteiger partial charge in [0.05, 0.1) is 16.8 Å². The molecule has 0 spiro atoms. The zero-order valence-electron chi connectivity index (χ0n) is 11.7. The van der Waals surface area contributed by atoms with E-state index >= 15 is 0 Å². The molecule has 0 aliphatic carbocycles. The van der Waals surface area contributed by atoms with Gasteiger partial charge in [-0.2, -0.15) is 13.2 Å². The summed E-state index contributed by atoms with van der Waals surface area (Å²) in [5, 5.41) is 9.52. The Morgan fingerprint density at radius 1 is 1.05 bits per heavy atom. The van der Waals surface area contributed by atoms with Gasteiger partial charge < -0.3 is 14.4 Å². The Morgan fingerprint density at radius 3 is 1.95 bits per heavy atom. The van der Waals surface area contributed by atoms with Crippen molar-refractivity contribution in [1.82, 2.24) is 0 Å². The van der Waals surface area contributed by atoms with Crippen LogP contribution in [0, 0.1) is 0 Å². The van der Waals surface area contributed by atoms with Crippen LogP contribution in [-0.2, 0) is 15.5 Å². The summed E-state index contributed by atoms with van der Waals surface area (Å²) < 4.78 is 49.2. The van der Waals surface area contributed by atoms with Crippen molar-refractivity contribution in [3.8, 4) is 5.75 Å². The van der Waals surface area contributed by atoms with Gasteiger partial charge in [-0.3, -0.25) is 0 Å². The molecule has 1 fully saturated rings. The van der Waals surface area contributed by atoms with Crippen LogP contribution in [0.15, 0.2) is 18.2 Å². The Morgan fingerprint density at radius 2 is 1.55 bits per heavy atom. The molecule has 2 rings (SSSR count). The first kappa shape index (κ1) is 15.2. The number of phenolic OH excluding ortho intramolecular Hbond substituents is 1. The quantitative estimate of drug-likeness (QED) is 0.807. The normalized spacial score (nSPS) is 21.2. The molecule has 1 aliphatic heterocycles. The fourth-order valence-corrected chi connectivity index (χ4v) is 1.91. The van der Waals surface area contributed by atoms with E-state index in [2.05, 4.69) is 0 Å². The first-order valence-corrected chi connectivity index (χ1v) is 6.20. The summed E-state index contributed by atoms with van der Waals surface area (Å²) in [6.07, 6.45) is -4.58. The first-order chi connectivity index (χ1) is 8.94. The molecule has 1 aromatic carbocycles. The molecule has 1 aromatic rings. The number of benzene rings is 1. The molecule has 7 heteroatoms. The van der Waals surface area contributed by atoms with Crippen LogP contribution in [0.2, 0.25) is 0 Å². The fourth-order valence-electron chi connectivity index (χ4n) is 1.91. The van der Waals surface area contributed by atoms with Crippen LogP contribution >= 0.6 is 0 Å². The Kier molecular flexibility index (Phi) is 3.34. The molecular formula is C13H16BF3O3. The molecule has 0 radical (unpaired) electrons. The summed E-state index contributed by atoms with van der Waals surface area (Å²) in [6, 6.07) is 3.12. The third-order valence-electron chi connectivity index (χ3n) is 3.85. The van der Waals surface area contributed by atoms with Gasteiger partial charge in [-0.25, -0.2) is 0 Å². The van der Waals surface area contributed by atoms with Gasteiger partial charge in [0, 0.05) is 0 Å². The number of aromatic hydroxyl groups is 1. The maximum atomic E-state index is 12.6. The highest BCUT2D eigenvalue weighted by molar-refractivity contribution is 6.62. The average molecular weight is 288 g/mol. The Balaban J connectivity index is 2.31. The van der Waals surface area contributed by atoms with Crippen molar-refractivity contribution in [3.63, 3.8) is 0 Å². The lowest BCUT2D eigenvalue weighted by Gasteiger charge is -2.32. The maximum Gasteiger partial charge on any atom is 0.494 e. The van der Waals surface area contributed by atoms with Crippen molar-refractivity contribution < 1.29 is 27.6 Å². The zero-order chi connectivity index (χ0) is 15.3. The minimum atomic E-state index is -4.58. The van der Waals surface area contributed by atoms with Crippen LogP contribution < -0.4 is 5.46 Å². The van der Waals surface area contributed by atoms with E-state index < -0.39 is 35.8 Å². The predicted octanol–water partition coefficient (Wildman–Crippen LogP) is 2.71. The second kappa shape index (κ2) is 4.39. The number of phenols is 1. The highest BCUT2D eigenvalue weighted by Gasteiger charge is 2.52. The van der Waals surface area contributed by atoms with Gasteiger partial charge in [-0.05, 0) is 45.3 Å². The summed E-state index contributed by atoms with van der Waals surface area (Å²) in [4.78, 5) is 0. The molecule has 1 heterocycles. The van der Waals surface area contributed by atoms with Crippen LogP contribution in [-0.4, -0.2) is 23.4 Å². The molecule has 0 atom stereocenters. The summed E-state index contributed by atoms with van der Waals surface area (Å²) in [5.41, 5.74) is -1.89. The van der Waals surface area contributed by atoms with Crippen molar-refractivity contribution in [3.05, 3.63) is 23.8 Å². The van der Waals surface area contributed by atoms with Crippen molar-refractivity contribution in [2.24, 2.45) is 0 Å². The summed E-state index contributed by atoms with van der Waals surface area (Å²) >= 11 is 0. The first-order valence-electron chi connectivity index (χ1n) is 6.20. The van der Waals surface area contributed by atoms with Crippen LogP contribution in [0.4, 0.5) is 13.2 Å². The van der Waals surface area contributed by atoms with Crippen LogP contribution in [0.25, 0.3) is 0 Å². The number of hydrogen-bond acceptors (Lipinski definition) is 3. The summed E-state index contributed by atoms with van der Waals surface area (Å²) in [6.45, 7) is 7.38. The van der Waals surface area contributed by atoms with E-state index in [1.54, 1.807) is 0 Å². The molecular weight excluding hydrogens is 272 g/mol. The van der Waals surface area contributed by atoms with Crippen molar-refractivity contribution in [2.75, 3.05) is 0 Å². The monoisotopic (exact) mass is 288 g/mol. The zero-order valence-corrected chi connectivity index (χ0v) is 11.7. The van der Waals surface area contributed by atoms with E-state index in [1.807, 2.05) is 27.7 Å². The van der Waals surface area contributed by atoms with Crippen molar-refractivity contribution in [1.29, 1.82) is 0 Å². The molecule has 0 saturated carbocycles. The Bertz CT molecular complexity index is 510. The molecule has 0 aromatic heterocycles. The second-order valence-electron chi connectivity index (χ2n) is 5.86. The van der Waals surface area contributed by atoms with Gasteiger partial charge in [0.25, 0.3) is 0 Å². The van der Waals surface area contributed by atoms with Gasteiger partial charge in [-0.1, -0.05) is 6.07 Å². The molecule has 20 heavy (non-hydrogen) atoms. The maximum absolute atomic E-state index is 12.6. The molecule has 1 N–H and O–H groups in total. The smallest absolute Gasteiger partial charge is 0.494 e. The van der Waals surface area contributed by atoms with E-state index in [-0.39, 0.29) is 0 Å². The van der Waals surface area contributed by atoms with E-state index in [1.165, 1.54) is 6.07 Å². The lowest BCUT2D eigenvalue weighted by molar-refractivity contribution is -0.138. The third-order valence-corrected chi connectivity index (χ3v) is 3.85. The van der Waals surface area contributed by atoms with Crippen molar-refractivity contribution in [2.45, 2.75) is 45.1 Å². The molecule has 0 bridgehead atoms. The van der Waals surface area contributed by atoms with E-state index in [0.717, 1.165) is 12.1 Å². The predicted molar refractivity (Wildman–Crippen MR) is 68.8 cm³/mol. The molecule has 3 nitrogen and oxygen atoms in total. The summed E-state index contributed by atoms with van der Waals surface area (Å²) in [7, 11) is -0.798. The lowest BCUT2D eigenvalue weighted by atomic mass is 9.78. The van der Waals surface area contributed by atoms with Gasteiger partial charge in [-0.15, -0.1) is 0 Å². The van der Waals surface area contributed by atoms with E-state index in [0.29, 0.717) is 5.46 Å². The highest BCUT2D eigenvalue weighted by atomic mass is 19.4. The molecule has 1 aliphatic rings. The standard InChI is InChI=1S/C13H16BF3O3/c1-11(2)12(3,4)20-14(19-11)8-5-6-9(10(18)7-8)13(15,16)17/h5-7,18H,1-4H3. The second-order valence-corrected chi connectivity index (χ2v) is 5.86. The Labute approximate surface area is 115 Å². The van der Waals surface area contributed by atoms with Crippen LogP contribution in [0.5, 0.6) is 5.75 Å². The Hall–Kier alpha value is -1.21.